The number of alkyl halides is 3. The molecule has 1 heterocycles. The largest absolute Gasteiger partial charge is 0.434 e. The van der Waals surface area contributed by atoms with Crippen molar-refractivity contribution in [2.24, 2.45) is 0 Å². The Morgan fingerprint density at radius 2 is 1.63 bits per heavy atom. The van der Waals surface area contributed by atoms with Crippen LogP contribution in [0, 0.1) is 18.6 Å². The van der Waals surface area contributed by atoms with Crippen LogP contribution in [-0.2, 0) is 6.18 Å². The van der Waals surface area contributed by atoms with E-state index in [2.05, 4.69) is 10.4 Å². The molecule has 1 amide bonds. The molecule has 3 rings (SSSR count). The molecule has 1 aromatic heterocycles. The van der Waals surface area contributed by atoms with Gasteiger partial charge in [-0.05, 0) is 31.2 Å². The molecule has 0 aliphatic carbocycles. The summed E-state index contributed by atoms with van der Waals surface area (Å²) in [5.41, 5.74) is -1.42. The van der Waals surface area contributed by atoms with Crippen LogP contribution in [0.5, 0.6) is 0 Å². The molecule has 0 aliphatic heterocycles. The lowest BCUT2D eigenvalue weighted by atomic mass is 10.2. The molecule has 3 aromatic rings. The highest BCUT2D eigenvalue weighted by atomic mass is 19.4. The Kier molecular flexibility index (Phi) is 4.69. The summed E-state index contributed by atoms with van der Waals surface area (Å²) in [5.74, 6) is -3.14. The van der Waals surface area contributed by atoms with Crippen LogP contribution in [0.3, 0.4) is 0 Å². The Hall–Kier alpha value is -3.23. The molecule has 4 nitrogen and oxygen atoms in total. The Bertz CT molecular complexity index is 973. The van der Waals surface area contributed by atoms with Gasteiger partial charge in [-0.1, -0.05) is 17.7 Å². The van der Waals surface area contributed by atoms with Crippen molar-refractivity contribution in [2.45, 2.75) is 13.1 Å². The van der Waals surface area contributed by atoms with Crippen LogP contribution in [0.25, 0.3) is 5.69 Å². The first kappa shape index (κ1) is 18.6. The van der Waals surface area contributed by atoms with Crippen LogP contribution in [0.1, 0.15) is 21.6 Å². The van der Waals surface area contributed by atoms with Crippen LogP contribution < -0.4 is 5.32 Å². The van der Waals surface area contributed by atoms with Gasteiger partial charge in [-0.3, -0.25) is 4.79 Å². The fourth-order valence-corrected chi connectivity index (χ4v) is 2.49. The third kappa shape index (κ3) is 3.97. The molecule has 27 heavy (non-hydrogen) atoms. The van der Waals surface area contributed by atoms with Crippen molar-refractivity contribution in [1.29, 1.82) is 0 Å². The normalized spacial score (nSPS) is 11.5. The van der Waals surface area contributed by atoms with Gasteiger partial charge in [0.1, 0.15) is 11.6 Å². The lowest BCUT2D eigenvalue weighted by molar-refractivity contribution is -0.143. The zero-order valence-corrected chi connectivity index (χ0v) is 13.8. The van der Waals surface area contributed by atoms with Gasteiger partial charge in [-0.15, -0.1) is 0 Å². The van der Waals surface area contributed by atoms with E-state index in [4.69, 9.17) is 0 Å². The van der Waals surface area contributed by atoms with Crippen LogP contribution >= 0.6 is 0 Å². The molecule has 0 saturated carbocycles. The van der Waals surface area contributed by atoms with Gasteiger partial charge in [0.25, 0.3) is 5.91 Å². The third-order valence-electron chi connectivity index (χ3n) is 3.68. The maximum atomic E-state index is 13.6. The molecule has 0 spiro atoms. The number of aromatic nitrogens is 2. The SMILES string of the molecule is Cc1ccc(-n2ncc(C(=O)Nc3cc(F)cc(F)c3)c2C(F)(F)F)cc1. The second kappa shape index (κ2) is 6.82. The predicted molar refractivity (Wildman–Crippen MR) is 87.6 cm³/mol. The van der Waals surface area contributed by atoms with E-state index in [9.17, 15) is 26.7 Å². The van der Waals surface area contributed by atoms with Crippen molar-refractivity contribution in [1.82, 2.24) is 9.78 Å². The van der Waals surface area contributed by atoms with Crippen LogP contribution in [0.4, 0.5) is 27.6 Å². The van der Waals surface area contributed by atoms with Crippen LogP contribution in [0.15, 0.2) is 48.7 Å². The molecule has 0 atom stereocenters. The Labute approximate surface area is 150 Å². The fraction of sp³-hybridized carbons (Fsp3) is 0.111. The molecule has 140 valence electrons. The van der Waals surface area contributed by atoms with Crippen LogP contribution in [0.2, 0.25) is 0 Å². The monoisotopic (exact) mass is 381 g/mol. The smallest absolute Gasteiger partial charge is 0.322 e. The van der Waals surface area contributed by atoms with E-state index >= 15 is 0 Å². The summed E-state index contributed by atoms with van der Waals surface area (Å²) in [6, 6.07) is 8.23. The van der Waals surface area contributed by atoms with E-state index in [0.29, 0.717) is 10.7 Å². The van der Waals surface area contributed by atoms with E-state index in [1.165, 1.54) is 12.1 Å². The zero-order chi connectivity index (χ0) is 19.8. The van der Waals surface area contributed by atoms with Crippen molar-refractivity contribution in [2.75, 3.05) is 5.32 Å². The number of halogens is 5. The molecule has 0 unspecified atom stereocenters. The number of hydrogen-bond donors (Lipinski definition) is 1. The van der Waals surface area contributed by atoms with Crippen molar-refractivity contribution < 1.29 is 26.7 Å². The number of nitrogens with zero attached hydrogens (tertiary/aromatic N) is 2. The number of nitrogens with one attached hydrogen (secondary N) is 1. The summed E-state index contributed by atoms with van der Waals surface area (Å²) in [7, 11) is 0. The highest BCUT2D eigenvalue weighted by Gasteiger charge is 2.40. The molecule has 1 N–H and O–H groups in total. The highest BCUT2D eigenvalue weighted by Crippen LogP contribution is 2.34. The standard InChI is InChI=1S/C18H12F5N3O/c1-10-2-4-14(5-3-10)26-16(18(21,22)23)15(9-24-26)17(27)25-13-7-11(19)6-12(20)8-13/h2-9H,1H3,(H,25,27). The third-order valence-corrected chi connectivity index (χ3v) is 3.68. The average Bonchev–Trinajstić information content (AvgIpc) is 3.00. The van der Waals surface area contributed by atoms with Gasteiger partial charge in [0.05, 0.1) is 17.4 Å². The molecule has 2 aromatic carbocycles. The number of rotatable bonds is 3. The van der Waals surface area contributed by atoms with Gasteiger partial charge in [0.2, 0.25) is 0 Å². The van der Waals surface area contributed by atoms with Gasteiger partial charge in [-0.2, -0.15) is 18.3 Å². The van der Waals surface area contributed by atoms with Crippen molar-refractivity contribution in [3.63, 3.8) is 0 Å². The van der Waals surface area contributed by atoms with E-state index in [-0.39, 0.29) is 11.4 Å². The number of carbonyl (C=O) groups excluding carboxylic acids is 1. The summed E-state index contributed by atoms with van der Waals surface area (Å²) in [4.78, 5) is 12.3. The predicted octanol–water partition coefficient (Wildman–Crippen LogP) is 4.73. The Morgan fingerprint density at radius 3 is 2.19 bits per heavy atom. The number of benzene rings is 2. The topological polar surface area (TPSA) is 46.9 Å². The summed E-state index contributed by atoms with van der Waals surface area (Å²) in [5, 5.41) is 5.72. The average molecular weight is 381 g/mol. The van der Waals surface area contributed by atoms with E-state index in [0.717, 1.165) is 23.9 Å². The molecule has 0 radical (unpaired) electrons. The van der Waals surface area contributed by atoms with Gasteiger partial charge in [-0.25, -0.2) is 13.5 Å². The number of carbonyl (C=O) groups is 1. The number of aryl methyl sites for hydroxylation is 1. The molecule has 9 heteroatoms. The molecular formula is C18H12F5N3O. The molecule has 0 bridgehead atoms. The summed E-state index contributed by atoms with van der Waals surface area (Å²) < 4.78 is 67.8. The van der Waals surface area contributed by atoms with Crippen molar-refractivity contribution >= 4 is 11.6 Å². The maximum absolute atomic E-state index is 13.6. The first-order chi connectivity index (χ1) is 12.6. The first-order valence-electron chi connectivity index (χ1n) is 7.65. The van der Waals surface area contributed by atoms with Crippen LogP contribution in [-0.4, -0.2) is 15.7 Å². The molecule has 0 aliphatic rings. The van der Waals surface area contributed by atoms with E-state index < -0.39 is 35.0 Å². The number of amides is 1. The quantitative estimate of drug-likeness (QED) is 0.667. The minimum atomic E-state index is -4.89. The second-order valence-corrected chi connectivity index (χ2v) is 5.76. The first-order valence-corrected chi connectivity index (χ1v) is 7.65. The number of hydrogen-bond acceptors (Lipinski definition) is 2. The van der Waals surface area contributed by atoms with Crippen molar-refractivity contribution in [3.05, 3.63) is 77.1 Å². The summed E-state index contributed by atoms with van der Waals surface area (Å²) >= 11 is 0. The van der Waals surface area contributed by atoms with Gasteiger partial charge in [0.15, 0.2) is 5.69 Å². The highest BCUT2D eigenvalue weighted by molar-refractivity contribution is 6.05. The Morgan fingerprint density at radius 1 is 1.04 bits per heavy atom. The summed E-state index contributed by atoms with van der Waals surface area (Å²) in [6.07, 6.45) is -4.13. The number of anilines is 1. The molecule has 0 saturated heterocycles. The lowest BCUT2D eigenvalue weighted by Crippen LogP contribution is -2.20. The minimum absolute atomic E-state index is 0.115. The second-order valence-electron chi connectivity index (χ2n) is 5.76. The van der Waals surface area contributed by atoms with E-state index in [1.807, 2.05) is 0 Å². The fourth-order valence-electron chi connectivity index (χ4n) is 2.49. The van der Waals surface area contributed by atoms with Gasteiger partial charge >= 0.3 is 6.18 Å². The Balaban J connectivity index is 2.02. The lowest BCUT2D eigenvalue weighted by Gasteiger charge is -2.13. The maximum Gasteiger partial charge on any atom is 0.434 e. The zero-order valence-electron chi connectivity index (χ0n) is 13.8. The van der Waals surface area contributed by atoms with Crippen molar-refractivity contribution in [3.8, 4) is 5.69 Å². The van der Waals surface area contributed by atoms with E-state index in [1.54, 1.807) is 19.1 Å². The van der Waals surface area contributed by atoms with Gasteiger partial charge < -0.3 is 5.32 Å². The van der Waals surface area contributed by atoms with Gasteiger partial charge in [0, 0.05) is 11.8 Å². The minimum Gasteiger partial charge on any atom is -0.322 e. The summed E-state index contributed by atoms with van der Waals surface area (Å²) in [6.45, 7) is 1.77. The molecular weight excluding hydrogens is 369 g/mol. The molecule has 0 fully saturated rings.